The molecule has 2 aliphatic rings. The Morgan fingerprint density at radius 3 is 1.15 bits per heavy atom. The number of aromatic nitrogens is 2. The second kappa shape index (κ2) is 29.2. The molecule has 2 atom stereocenters. The summed E-state index contributed by atoms with van der Waals surface area (Å²) in [6.07, 6.45) is 9.32. The first kappa shape index (κ1) is 68.6. The van der Waals surface area contributed by atoms with Crippen LogP contribution in [0.2, 0.25) is 10.0 Å². The molecule has 0 spiro atoms. The van der Waals surface area contributed by atoms with Crippen LogP contribution in [0.4, 0.5) is 26.3 Å². The topological polar surface area (TPSA) is 171 Å². The van der Waals surface area contributed by atoms with Gasteiger partial charge in [0.15, 0.2) is 11.6 Å². The van der Waals surface area contributed by atoms with E-state index in [1.165, 1.54) is 36.7 Å². The number of benzene rings is 4. The minimum atomic E-state index is -3.17. The first-order chi connectivity index (χ1) is 41.2. The van der Waals surface area contributed by atoms with E-state index in [0.29, 0.717) is 72.2 Å². The van der Waals surface area contributed by atoms with Gasteiger partial charge in [0.1, 0.15) is 34.3 Å². The highest BCUT2D eigenvalue weighted by atomic mass is 35.5. The van der Waals surface area contributed by atoms with Gasteiger partial charge in [0.05, 0.1) is 66.7 Å². The Hall–Kier alpha value is -6.86. The van der Waals surface area contributed by atoms with Gasteiger partial charge < -0.3 is 29.2 Å². The second-order valence-corrected chi connectivity index (χ2v) is 26.1. The third-order valence-electron chi connectivity index (χ3n) is 15.6. The molecule has 0 aliphatic heterocycles. The largest absolute Gasteiger partial charge is 0.456 e. The number of hydrogen-bond acceptors (Lipinski definition) is 12. The van der Waals surface area contributed by atoms with Gasteiger partial charge in [-0.15, -0.1) is 0 Å². The number of hydrogen-bond donors (Lipinski definition) is 2. The molecule has 88 heavy (non-hydrogen) atoms. The number of ether oxygens (including phenoxy) is 4. The van der Waals surface area contributed by atoms with Crippen LogP contribution in [0.15, 0.2) is 109 Å². The Labute approximate surface area is 519 Å². The Balaban J connectivity index is 0.000000251. The van der Waals surface area contributed by atoms with Crippen molar-refractivity contribution in [3.8, 4) is 33.8 Å². The lowest BCUT2D eigenvalue weighted by Crippen LogP contribution is -2.31. The van der Waals surface area contributed by atoms with E-state index < -0.39 is 71.0 Å². The summed E-state index contributed by atoms with van der Waals surface area (Å²) >= 11 is 11.9. The Morgan fingerprint density at radius 2 is 0.864 bits per heavy atom. The lowest BCUT2D eigenvalue weighted by atomic mass is 9.75. The van der Waals surface area contributed by atoms with E-state index in [-0.39, 0.29) is 80.0 Å². The number of ketones is 2. The average molecular weight is 1260 g/mol. The van der Waals surface area contributed by atoms with Gasteiger partial charge in [0.2, 0.25) is 0 Å². The average Bonchev–Trinajstić information content (AvgIpc) is 3.63. The van der Waals surface area contributed by atoms with E-state index in [1.54, 1.807) is 102 Å². The molecular formula is C68H74Cl2F6N2O10. The van der Waals surface area contributed by atoms with E-state index in [1.807, 2.05) is 13.8 Å². The first-order valence-electron chi connectivity index (χ1n) is 29.2. The van der Waals surface area contributed by atoms with E-state index in [9.17, 15) is 55.7 Å². The maximum atomic E-state index is 15.0. The number of carbonyl (C=O) groups is 4. The van der Waals surface area contributed by atoms with E-state index in [4.69, 9.17) is 32.7 Å². The van der Waals surface area contributed by atoms with Crippen LogP contribution in [-0.4, -0.2) is 79.3 Å². The summed E-state index contributed by atoms with van der Waals surface area (Å²) in [5, 5.41) is 20.3. The molecule has 0 saturated heterocycles. The summed E-state index contributed by atoms with van der Waals surface area (Å²) in [7, 11) is 0. The number of Topliss-reactive ketones (excluding diaryl/α,β-unsaturated/α-hetero) is 2. The maximum absolute atomic E-state index is 15.0. The van der Waals surface area contributed by atoms with Crippen LogP contribution in [0.3, 0.4) is 0 Å². The summed E-state index contributed by atoms with van der Waals surface area (Å²) in [5.41, 5.74) is 0.202. The molecule has 472 valence electrons. The van der Waals surface area contributed by atoms with Crippen molar-refractivity contribution in [1.82, 2.24) is 9.97 Å². The lowest BCUT2D eigenvalue weighted by Gasteiger charge is -2.34. The molecule has 0 amide bonds. The fourth-order valence-corrected chi connectivity index (χ4v) is 11.2. The van der Waals surface area contributed by atoms with Crippen LogP contribution in [0.1, 0.15) is 175 Å². The molecule has 0 bridgehead atoms. The van der Waals surface area contributed by atoms with Crippen molar-refractivity contribution in [2.45, 2.75) is 180 Å². The smallest absolute Gasteiger partial charge is 0.387 e. The number of pyridine rings is 2. The van der Waals surface area contributed by atoms with Crippen molar-refractivity contribution in [2.24, 2.45) is 11.8 Å². The molecule has 2 saturated carbocycles. The molecule has 8 rings (SSSR count). The highest BCUT2D eigenvalue weighted by molar-refractivity contribution is 6.31. The molecule has 2 heterocycles. The molecule has 2 unspecified atom stereocenters. The third kappa shape index (κ3) is 19.6. The predicted octanol–water partition coefficient (Wildman–Crippen LogP) is 16.6. The van der Waals surface area contributed by atoms with Gasteiger partial charge in [-0.25, -0.2) is 18.4 Å². The van der Waals surface area contributed by atoms with Crippen LogP contribution < -0.4 is 9.47 Å². The molecule has 2 aliphatic carbocycles. The summed E-state index contributed by atoms with van der Waals surface area (Å²) in [4.78, 5) is 61.4. The van der Waals surface area contributed by atoms with E-state index in [0.717, 1.165) is 37.8 Å². The summed E-state index contributed by atoms with van der Waals surface area (Å²) in [6.45, 7) is 8.00. The molecule has 0 radical (unpaired) electrons. The van der Waals surface area contributed by atoms with Crippen LogP contribution >= 0.6 is 23.2 Å². The van der Waals surface area contributed by atoms with Crippen LogP contribution in [0.25, 0.3) is 22.3 Å². The fraction of sp³-hybridized carbons (Fsp3) is 0.441. The summed E-state index contributed by atoms with van der Waals surface area (Å²) < 4.78 is 102. The molecular weight excluding hydrogens is 1190 g/mol. The summed E-state index contributed by atoms with van der Waals surface area (Å²) in [6, 6.07) is 24.2. The quantitative estimate of drug-likeness (QED) is 0.0548. The van der Waals surface area contributed by atoms with Crippen molar-refractivity contribution in [3.63, 3.8) is 0 Å². The highest BCUT2D eigenvalue weighted by Crippen LogP contribution is 2.43. The standard InChI is InChI=1S/2C34H37ClF3NO5/c2*1-33(2,3)44-31(41)22-7-5-20(6-8-22)18-27(40)24(17-21-13-15-34(4,42)16-14-21)26-11-9-23(19-39-26)29-28(43-32(37)38)12-10-25(35)30(29)36/h2*5-12,19,21,24,32,42H,13-18H2,1-4H3. The van der Waals surface area contributed by atoms with Crippen LogP contribution in [0, 0.1) is 23.5 Å². The normalized spacial score (nSPS) is 19.5. The van der Waals surface area contributed by atoms with Gasteiger partial charge in [-0.05, 0) is 203 Å². The molecule has 4 aromatic carbocycles. The lowest BCUT2D eigenvalue weighted by molar-refractivity contribution is -0.121. The number of alkyl halides is 4. The predicted molar refractivity (Wildman–Crippen MR) is 323 cm³/mol. The minimum absolute atomic E-state index is 0.0857. The zero-order valence-electron chi connectivity index (χ0n) is 50.4. The van der Waals surface area contributed by atoms with Crippen molar-refractivity contribution >= 4 is 46.7 Å². The van der Waals surface area contributed by atoms with Gasteiger partial charge in [0, 0.05) is 36.4 Å². The first-order valence-corrected chi connectivity index (χ1v) is 29.9. The molecule has 2 N–H and O–H groups in total. The Bertz CT molecular complexity index is 3140. The van der Waals surface area contributed by atoms with E-state index >= 15 is 0 Å². The minimum Gasteiger partial charge on any atom is -0.456 e. The monoisotopic (exact) mass is 1260 g/mol. The van der Waals surface area contributed by atoms with Crippen molar-refractivity contribution in [1.29, 1.82) is 0 Å². The molecule has 2 fully saturated rings. The van der Waals surface area contributed by atoms with Gasteiger partial charge >= 0.3 is 25.2 Å². The zero-order chi connectivity index (χ0) is 64.5. The summed E-state index contributed by atoms with van der Waals surface area (Å²) in [5.74, 6) is -4.56. The molecule has 20 heteroatoms. The maximum Gasteiger partial charge on any atom is 0.387 e. The molecule has 12 nitrogen and oxygen atoms in total. The van der Waals surface area contributed by atoms with Gasteiger partial charge in [0.25, 0.3) is 0 Å². The number of rotatable bonds is 20. The molecule has 2 aromatic heterocycles. The van der Waals surface area contributed by atoms with Crippen molar-refractivity contribution in [3.05, 3.63) is 165 Å². The fourth-order valence-electron chi connectivity index (χ4n) is 10.9. The number of esters is 2. The van der Waals surface area contributed by atoms with Gasteiger partial charge in [-0.3, -0.25) is 19.6 Å². The number of nitrogens with zero attached hydrogens (tertiary/aromatic N) is 2. The number of carbonyl (C=O) groups excluding carboxylic acids is 4. The Kier molecular flexibility index (Phi) is 22.8. The molecule has 6 aromatic rings. The Morgan fingerprint density at radius 1 is 0.534 bits per heavy atom. The highest BCUT2D eigenvalue weighted by Gasteiger charge is 2.35. The van der Waals surface area contributed by atoms with Crippen molar-refractivity contribution < 1.29 is 74.7 Å². The van der Waals surface area contributed by atoms with Gasteiger partial charge in [-0.2, -0.15) is 17.6 Å². The van der Waals surface area contributed by atoms with Crippen LogP contribution in [-0.2, 0) is 31.9 Å². The van der Waals surface area contributed by atoms with Crippen molar-refractivity contribution in [2.75, 3.05) is 0 Å². The zero-order valence-corrected chi connectivity index (χ0v) is 51.9. The van der Waals surface area contributed by atoms with E-state index in [2.05, 4.69) is 19.4 Å². The second-order valence-electron chi connectivity index (χ2n) is 25.3. The van der Waals surface area contributed by atoms with Crippen LogP contribution in [0.5, 0.6) is 11.5 Å². The SMILES string of the molecule is CC1(O)CCC(CC(C(=O)Cc2ccc(C(=O)OC(C)(C)C)cc2)c2ccc(-c3c(OC(F)F)ccc(Cl)c3F)cn2)CC1.CC1(O)CCC(CC(C(=O)Cc2ccc(C(=O)OC(C)(C)C)cc2)c2ccc(-c3c(OC(F)F)ccc(Cl)c3F)cn2)CC1. The number of aliphatic hydroxyl groups is 2. The number of halogens is 8. The van der Waals surface area contributed by atoms with Gasteiger partial charge in [-0.1, -0.05) is 59.6 Å². The third-order valence-corrected chi connectivity index (χ3v) is 16.2.